The maximum absolute atomic E-state index is 5.91. The molecule has 0 atom stereocenters. The van der Waals surface area contributed by atoms with E-state index in [0.29, 0.717) is 5.92 Å². The number of nitrogens with one attached hydrogen (secondary N) is 1. The second-order valence-corrected chi connectivity index (χ2v) is 6.24. The summed E-state index contributed by atoms with van der Waals surface area (Å²) >= 11 is 1.71. The Balaban J connectivity index is 2.07. The highest BCUT2D eigenvalue weighted by molar-refractivity contribution is 7.15. The summed E-state index contributed by atoms with van der Waals surface area (Å²) in [6, 6.07) is 10.1. The first-order chi connectivity index (χ1) is 9.69. The molecule has 1 aromatic carbocycles. The number of aromatic nitrogens is 1. The Labute approximate surface area is 122 Å². The molecule has 0 aliphatic rings. The lowest BCUT2D eigenvalue weighted by atomic mass is 10.1. The van der Waals surface area contributed by atoms with Gasteiger partial charge >= 0.3 is 0 Å². The van der Waals surface area contributed by atoms with E-state index in [1.54, 1.807) is 11.3 Å². The summed E-state index contributed by atoms with van der Waals surface area (Å²) in [7, 11) is 1.96. The van der Waals surface area contributed by atoms with E-state index < -0.39 is 0 Å². The largest absolute Gasteiger partial charge is 0.454 e. The number of hydrogen-bond acceptors (Lipinski definition) is 4. The van der Waals surface area contributed by atoms with Crippen molar-refractivity contribution < 1.29 is 4.42 Å². The van der Waals surface area contributed by atoms with E-state index in [-0.39, 0.29) is 0 Å². The van der Waals surface area contributed by atoms with Gasteiger partial charge in [0.15, 0.2) is 10.8 Å². The van der Waals surface area contributed by atoms with E-state index in [2.05, 4.69) is 31.3 Å². The van der Waals surface area contributed by atoms with Gasteiger partial charge in [-0.3, -0.25) is 0 Å². The first-order valence-corrected chi connectivity index (χ1v) is 7.64. The van der Waals surface area contributed by atoms with Gasteiger partial charge < -0.3 is 9.73 Å². The molecule has 3 nitrogen and oxygen atoms in total. The molecule has 0 aliphatic heterocycles. The van der Waals surface area contributed by atoms with Crippen LogP contribution in [-0.4, -0.2) is 12.0 Å². The van der Waals surface area contributed by atoms with E-state index >= 15 is 0 Å². The van der Waals surface area contributed by atoms with Crippen LogP contribution in [0, 0.1) is 0 Å². The van der Waals surface area contributed by atoms with Crippen molar-refractivity contribution in [1.82, 2.24) is 10.3 Å². The fourth-order valence-electron chi connectivity index (χ4n) is 2.29. The monoisotopic (exact) mass is 286 g/mol. The Hall–Kier alpha value is -1.65. The second-order valence-electron chi connectivity index (χ2n) is 5.16. The molecule has 3 aromatic rings. The van der Waals surface area contributed by atoms with Crippen molar-refractivity contribution in [2.24, 2.45) is 0 Å². The van der Waals surface area contributed by atoms with Gasteiger partial charge in [-0.05, 0) is 25.1 Å². The Morgan fingerprint density at radius 2 is 2.10 bits per heavy atom. The summed E-state index contributed by atoms with van der Waals surface area (Å²) in [6.07, 6.45) is 0. The third-order valence-corrected chi connectivity index (χ3v) is 4.33. The zero-order chi connectivity index (χ0) is 14.1. The molecule has 0 unspecified atom stereocenters. The van der Waals surface area contributed by atoms with E-state index in [1.165, 1.54) is 10.6 Å². The van der Waals surface area contributed by atoms with Gasteiger partial charge in [0.2, 0.25) is 0 Å². The van der Waals surface area contributed by atoms with Crippen LogP contribution in [0.25, 0.3) is 21.7 Å². The highest BCUT2D eigenvalue weighted by Gasteiger charge is 2.17. The first-order valence-electron chi connectivity index (χ1n) is 6.82. The van der Waals surface area contributed by atoms with Crippen LogP contribution >= 0.6 is 11.3 Å². The van der Waals surface area contributed by atoms with Crippen LogP contribution in [0.5, 0.6) is 0 Å². The van der Waals surface area contributed by atoms with Crippen LogP contribution in [0.15, 0.2) is 34.7 Å². The summed E-state index contributed by atoms with van der Waals surface area (Å²) in [5, 5.41) is 5.30. The van der Waals surface area contributed by atoms with Crippen molar-refractivity contribution in [2.45, 2.75) is 26.3 Å². The Kier molecular flexibility index (Phi) is 3.59. The average molecular weight is 286 g/mol. The zero-order valence-electron chi connectivity index (χ0n) is 11.9. The highest BCUT2D eigenvalue weighted by atomic mass is 32.1. The lowest BCUT2D eigenvalue weighted by molar-refractivity contribution is 0.630. The summed E-state index contributed by atoms with van der Waals surface area (Å²) < 4.78 is 5.91. The maximum Gasteiger partial charge on any atom is 0.164 e. The number of hydrogen-bond donors (Lipinski definition) is 1. The van der Waals surface area contributed by atoms with Gasteiger partial charge in [0.05, 0.1) is 5.69 Å². The van der Waals surface area contributed by atoms with Crippen LogP contribution in [0.4, 0.5) is 0 Å². The lowest BCUT2D eigenvalue weighted by Gasteiger charge is -2.03. The number of para-hydroxylation sites is 1. The van der Waals surface area contributed by atoms with Crippen molar-refractivity contribution in [2.75, 3.05) is 7.05 Å². The average Bonchev–Trinajstić information content (AvgIpc) is 3.02. The molecule has 0 aliphatic carbocycles. The molecule has 0 saturated carbocycles. The highest BCUT2D eigenvalue weighted by Crippen LogP contribution is 2.34. The fraction of sp³-hybridized carbons (Fsp3) is 0.312. The Bertz CT molecular complexity index is 694. The molecule has 0 spiro atoms. The summed E-state index contributed by atoms with van der Waals surface area (Å²) in [4.78, 5) is 6.07. The van der Waals surface area contributed by atoms with Crippen molar-refractivity contribution in [1.29, 1.82) is 0 Å². The van der Waals surface area contributed by atoms with Gasteiger partial charge in [-0.15, -0.1) is 11.3 Å². The van der Waals surface area contributed by atoms with Crippen LogP contribution in [0.1, 0.15) is 30.3 Å². The van der Waals surface area contributed by atoms with E-state index in [4.69, 9.17) is 9.40 Å². The van der Waals surface area contributed by atoms with Crippen LogP contribution in [0.3, 0.4) is 0 Å². The smallest absolute Gasteiger partial charge is 0.164 e. The van der Waals surface area contributed by atoms with Crippen LogP contribution in [-0.2, 0) is 6.54 Å². The predicted octanol–water partition coefficient (Wildman–Crippen LogP) is 4.40. The fourth-order valence-corrected chi connectivity index (χ4v) is 3.48. The third-order valence-electron chi connectivity index (χ3n) is 3.25. The first kappa shape index (κ1) is 13.3. The number of rotatable bonds is 4. The van der Waals surface area contributed by atoms with Gasteiger partial charge in [0, 0.05) is 16.8 Å². The Morgan fingerprint density at radius 1 is 1.30 bits per heavy atom. The molecule has 0 fully saturated rings. The summed E-state index contributed by atoms with van der Waals surface area (Å²) in [5.74, 6) is 1.29. The quantitative estimate of drug-likeness (QED) is 0.772. The summed E-state index contributed by atoms with van der Waals surface area (Å²) in [5.41, 5.74) is 2.08. The second kappa shape index (κ2) is 5.38. The van der Waals surface area contributed by atoms with Crippen LogP contribution in [0.2, 0.25) is 0 Å². The molecule has 3 rings (SSSR count). The minimum Gasteiger partial charge on any atom is -0.454 e. The zero-order valence-corrected chi connectivity index (χ0v) is 12.8. The number of furan rings is 1. The van der Waals surface area contributed by atoms with Crippen molar-refractivity contribution >= 4 is 22.3 Å². The van der Waals surface area contributed by atoms with Crippen LogP contribution < -0.4 is 5.32 Å². The molecule has 2 heterocycles. The van der Waals surface area contributed by atoms with Crippen molar-refractivity contribution in [3.63, 3.8) is 0 Å². The number of nitrogens with zero attached hydrogens (tertiary/aromatic N) is 1. The molecule has 0 radical (unpaired) electrons. The molecule has 0 amide bonds. The van der Waals surface area contributed by atoms with E-state index in [0.717, 1.165) is 28.3 Å². The van der Waals surface area contributed by atoms with Gasteiger partial charge in [-0.2, -0.15) is 0 Å². The normalized spacial score (nSPS) is 11.6. The Morgan fingerprint density at radius 3 is 2.80 bits per heavy atom. The summed E-state index contributed by atoms with van der Waals surface area (Å²) in [6.45, 7) is 5.21. The number of thiazole rings is 1. The minimum atomic E-state index is 0.424. The molecule has 0 bridgehead atoms. The molecular weight excluding hydrogens is 268 g/mol. The van der Waals surface area contributed by atoms with Gasteiger partial charge in [0.1, 0.15) is 5.58 Å². The number of fused-ring (bicyclic) bond motifs is 1. The standard InChI is InChI=1S/C16H18N2OS/c1-10(2)15-14(9-17-3)20-16(18-15)13-8-11-6-4-5-7-12(11)19-13/h4-8,10,17H,9H2,1-3H3. The maximum atomic E-state index is 5.91. The molecule has 2 aromatic heterocycles. The molecular formula is C16H18N2OS. The predicted molar refractivity (Wildman–Crippen MR) is 84.2 cm³/mol. The lowest BCUT2D eigenvalue weighted by Crippen LogP contribution is -2.06. The molecule has 0 saturated heterocycles. The molecule has 1 N–H and O–H groups in total. The van der Waals surface area contributed by atoms with Gasteiger partial charge in [-0.25, -0.2) is 4.98 Å². The SMILES string of the molecule is CNCc1sc(-c2cc3ccccc3o2)nc1C(C)C. The van der Waals surface area contributed by atoms with E-state index in [1.807, 2.05) is 25.2 Å². The van der Waals surface area contributed by atoms with Gasteiger partial charge in [-0.1, -0.05) is 32.0 Å². The minimum absolute atomic E-state index is 0.424. The molecule has 104 valence electrons. The molecule has 4 heteroatoms. The molecule has 20 heavy (non-hydrogen) atoms. The topological polar surface area (TPSA) is 38.1 Å². The van der Waals surface area contributed by atoms with Gasteiger partial charge in [0.25, 0.3) is 0 Å². The number of benzene rings is 1. The van der Waals surface area contributed by atoms with Crippen molar-refractivity contribution in [3.05, 3.63) is 40.9 Å². The van der Waals surface area contributed by atoms with E-state index in [9.17, 15) is 0 Å². The third kappa shape index (κ3) is 2.37. The van der Waals surface area contributed by atoms with Crippen molar-refractivity contribution in [3.8, 4) is 10.8 Å².